The van der Waals surface area contributed by atoms with E-state index >= 15 is 0 Å². The highest BCUT2D eigenvalue weighted by atomic mass is 32.1. The average Bonchev–Trinajstić information content (AvgIpc) is 3.25. The monoisotopic (exact) mass is 296 g/mol. The molecule has 1 aromatic carbocycles. The van der Waals surface area contributed by atoms with E-state index in [1.807, 2.05) is 47.2 Å². The second-order valence-corrected chi connectivity index (χ2v) is 6.16. The Labute approximate surface area is 125 Å². The minimum Gasteiger partial charge on any atom is -0.253 e. The van der Waals surface area contributed by atoms with Gasteiger partial charge in [0, 0.05) is 12.4 Å². The summed E-state index contributed by atoms with van der Waals surface area (Å²) in [6.45, 7) is 0. The van der Waals surface area contributed by atoms with Crippen molar-refractivity contribution in [3.8, 4) is 0 Å². The van der Waals surface area contributed by atoms with Crippen molar-refractivity contribution >= 4 is 31.9 Å². The van der Waals surface area contributed by atoms with Gasteiger partial charge in [-0.2, -0.15) is 11.3 Å². The zero-order chi connectivity index (χ0) is 13.9. The van der Waals surface area contributed by atoms with Crippen molar-refractivity contribution in [2.24, 2.45) is 0 Å². The molecule has 0 fully saturated rings. The van der Waals surface area contributed by atoms with Gasteiger partial charge in [-0.05, 0) is 22.9 Å². The summed E-state index contributed by atoms with van der Waals surface area (Å²) in [5.74, 6) is 0. The fraction of sp³-hybridized carbons (Fsp3) is 0. The van der Waals surface area contributed by atoms with Crippen molar-refractivity contribution in [3.63, 3.8) is 0 Å². The minimum atomic E-state index is 0.182. The van der Waals surface area contributed by atoms with Crippen LogP contribution in [-0.2, 0) is 0 Å². The van der Waals surface area contributed by atoms with Crippen molar-refractivity contribution < 1.29 is 0 Å². The topological polar surface area (TPSA) is 25.8 Å². The molecule has 0 amide bonds. The highest BCUT2D eigenvalue weighted by Crippen LogP contribution is 2.04. The van der Waals surface area contributed by atoms with Gasteiger partial charge in [-0.1, -0.05) is 47.8 Å². The van der Waals surface area contributed by atoms with Crippen LogP contribution in [0.2, 0.25) is 0 Å². The number of para-hydroxylation sites is 2. The first-order chi connectivity index (χ1) is 9.97. The second-order valence-electron chi connectivity index (χ2n) is 3.93. The van der Waals surface area contributed by atoms with Gasteiger partial charge in [0.1, 0.15) is 0 Å². The smallest absolute Gasteiger partial charge is 0.0886 e. The van der Waals surface area contributed by atoms with Crippen molar-refractivity contribution in [1.82, 2.24) is 9.97 Å². The first-order valence-electron chi connectivity index (χ1n) is 6.41. The van der Waals surface area contributed by atoms with E-state index in [0.29, 0.717) is 0 Å². The van der Waals surface area contributed by atoms with E-state index in [2.05, 4.69) is 33.5 Å². The van der Waals surface area contributed by atoms with Crippen LogP contribution in [0.25, 0.3) is 11.0 Å². The van der Waals surface area contributed by atoms with Crippen LogP contribution in [0.4, 0.5) is 0 Å². The van der Waals surface area contributed by atoms with E-state index in [1.165, 1.54) is 0 Å². The molecule has 4 heteroatoms. The molecule has 0 aliphatic carbocycles. The summed E-state index contributed by atoms with van der Waals surface area (Å²) in [5.41, 5.74) is 6.43. The van der Waals surface area contributed by atoms with Crippen LogP contribution in [0.3, 0.4) is 0 Å². The molecule has 0 spiro atoms. The Balaban J connectivity index is 0.000000124. The lowest BCUT2D eigenvalue weighted by molar-refractivity contribution is 1.29. The van der Waals surface area contributed by atoms with E-state index in [1.54, 1.807) is 23.7 Å². The third kappa shape index (κ3) is 5.30. The summed E-state index contributed by atoms with van der Waals surface area (Å²) < 4.78 is 0. The number of allylic oxidation sites excluding steroid dienone is 2. The van der Waals surface area contributed by atoms with Gasteiger partial charge in [0.25, 0.3) is 0 Å². The normalized spacial score (nSPS) is 11.4. The summed E-state index contributed by atoms with van der Waals surface area (Å²) in [6, 6.07) is 11.8. The number of benzene rings is 1. The maximum atomic E-state index is 4.12. The predicted molar refractivity (Wildman–Crippen MR) is 90.7 cm³/mol. The molecule has 0 unspecified atom stereocenters. The van der Waals surface area contributed by atoms with Crippen LogP contribution in [0.15, 0.2) is 83.1 Å². The van der Waals surface area contributed by atoms with Gasteiger partial charge < -0.3 is 0 Å². The molecule has 0 bridgehead atoms. The Bertz CT molecular complexity index is 570. The lowest BCUT2D eigenvalue weighted by Crippen LogP contribution is -1.78. The van der Waals surface area contributed by atoms with E-state index in [4.69, 9.17) is 0 Å². The maximum absolute atomic E-state index is 4.12. The van der Waals surface area contributed by atoms with Gasteiger partial charge in [0.05, 0.1) is 20.6 Å². The first-order valence-corrected chi connectivity index (χ1v) is 8.99. The van der Waals surface area contributed by atoms with Crippen LogP contribution in [0.1, 0.15) is 0 Å². The van der Waals surface area contributed by atoms with Gasteiger partial charge in [-0.3, -0.25) is 9.97 Å². The van der Waals surface area contributed by atoms with E-state index in [9.17, 15) is 0 Å². The largest absolute Gasteiger partial charge is 0.253 e. The molecule has 1 aliphatic rings. The lowest BCUT2D eigenvalue weighted by Gasteiger charge is -1.90. The van der Waals surface area contributed by atoms with Gasteiger partial charge >= 0.3 is 0 Å². The number of hydrogen-bond donors (Lipinski definition) is 0. The van der Waals surface area contributed by atoms with Crippen LogP contribution < -0.4 is 0 Å². The highest BCUT2D eigenvalue weighted by molar-refractivity contribution is 7.07. The molecule has 0 saturated heterocycles. The number of thiophene rings is 1. The Morgan fingerprint density at radius 3 is 1.65 bits per heavy atom. The summed E-state index contributed by atoms with van der Waals surface area (Å²) in [4.78, 5) is 8.24. The minimum absolute atomic E-state index is 0.182. The van der Waals surface area contributed by atoms with Crippen molar-refractivity contribution in [3.05, 3.63) is 83.1 Å². The number of fused-ring (bicyclic) bond motifs is 1. The summed E-state index contributed by atoms with van der Waals surface area (Å²) in [6.07, 6.45) is 7.63. The number of hydrogen-bond acceptors (Lipinski definition) is 3. The third-order valence-corrected chi connectivity index (χ3v) is 4.17. The molecule has 2 aromatic heterocycles. The number of aromatic nitrogens is 2. The number of nitrogens with zero attached hydrogens (tertiary/aromatic N) is 2. The average molecular weight is 296 g/mol. The molecule has 4 rings (SSSR count). The molecule has 0 saturated carbocycles. The van der Waals surface area contributed by atoms with E-state index in [0.717, 1.165) is 11.0 Å². The zero-order valence-corrected chi connectivity index (χ0v) is 13.3. The molecule has 0 atom stereocenters. The van der Waals surface area contributed by atoms with Crippen LogP contribution in [0.5, 0.6) is 0 Å². The van der Waals surface area contributed by atoms with Gasteiger partial charge in [0.15, 0.2) is 0 Å². The second kappa shape index (κ2) is 8.96. The Morgan fingerprint density at radius 2 is 1.30 bits per heavy atom. The molecule has 20 heavy (non-hydrogen) atoms. The standard InChI is InChI=1S/C8H6N2.C4H4S.C4H6Si/c1-2-4-8-7(3-1)9-5-6-10-8;2*1-2-4-5-3-1/h1-6H;1-4H;1-4H,5H2. The van der Waals surface area contributed by atoms with Gasteiger partial charge in [-0.25, -0.2) is 0 Å². The highest BCUT2D eigenvalue weighted by Gasteiger charge is 1.88. The summed E-state index contributed by atoms with van der Waals surface area (Å²) in [5, 5.41) is 4.08. The molecule has 3 heterocycles. The zero-order valence-electron chi connectivity index (χ0n) is 11.1. The van der Waals surface area contributed by atoms with Crippen LogP contribution in [-0.4, -0.2) is 19.5 Å². The lowest BCUT2D eigenvalue weighted by atomic mass is 10.3. The molecular weight excluding hydrogens is 280 g/mol. The van der Waals surface area contributed by atoms with Crippen LogP contribution >= 0.6 is 11.3 Å². The maximum Gasteiger partial charge on any atom is 0.0886 e. The predicted octanol–water partition coefficient (Wildman–Crippen LogP) is 3.57. The SMILES string of the molecule is C1=C[SiH2]C=C1.c1ccc2nccnc2c1.c1ccsc1. The first kappa shape index (κ1) is 14.4. The summed E-state index contributed by atoms with van der Waals surface area (Å²) >= 11 is 1.71. The molecule has 2 nitrogen and oxygen atoms in total. The molecule has 3 aromatic rings. The number of rotatable bonds is 0. The Morgan fingerprint density at radius 1 is 0.750 bits per heavy atom. The summed E-state index contributed by atoms with van der Waals surface area (Å²) in [7, 11) is 0.182. The van der Waals surface area contributed by atoms with Gasteiger partial charge in [0.2, 0.25) is 0 Å². The van der Waals surface area contributed by atoms with Crippen molar-refractivity contribution in [2.45, 2.75) is 0 Å². The van der Waals surface area contributed by atoms with Crippen LogP contribution in [0, 0.1) is 0 Å². The molecular formula is C16H16N2SSi. The van der Waals surface area contributed by atoms with Crippen molar-refractivity contribution in [2.75, 3.05) is 0 Å². The third-order valence-electron chi connectivity index (χ3n) is 2.46. The molecule has 1 aliphatic heterocycles. The molecule has 100 valence electrons. The molecule has 0 radical (unpaired) electrons. The van der Waals surface area contributed by atoms with Crippen molar-refractivity contribution in [1.29, 1.82) is 0 Å². The van der Waals surface area contributed by atoms with Gasteiger partial charge in [-0.15, -0.1) is 0 Å². The fourth-order valence-electron chi connectivity index (χ4n) is 1.53. The quantitative estimate of drug-likeness (QED) is 0.593. The van der Waals surface area contributed by atoms with E-state index < -0.39 is 0 Å². The van der Waals surface area contributed by atoms with E-state index in [-0.39, 0.29) is 9.52 Å². The fourth-order valence-corrected chi connectivity index (χ4v) is 2.77. The Hall–Kier alpha value is -2.04. The molecule has 0 N–H and O–H groups in total. The Kier molecular flexibility index (Phi) is 6.43.